The normalized spacial score (nSPS) is 15.5. The minimum atomic E-state index is -0.403. The molecule has 4 rings (SSSR count). The summed E-state index contributed by atoms with van der Waals surface area (Å²) < 4.78 is 0. The van der Waals surface area contributed by atoms with Crippen LogP contribution in [0.15, 0.2) is 66.0 Å². The van der Waals surface area contributed by atoms with Crippen LogP contribution in [0.5, 0.6) is 0 Å². The summed E-state index contributed by atoms with van der Waals surface area (Å²) in [5, 5.41) is 5.07. The van der Waals surface area contributed by atoms with E-state index in [2.05, 4.69) is 10.2 Å². The van der Waals surface area contributed by atoms with E-state index < -0.39 is 6.04 Å². The fourth-order valence-electron chi connectivity index (χ4n) is 3.97. The molecule has 0 aliphatic carbocycles. The maximum atomic E-state index is 13.4. The molecule has 2 aromatic carbocycles. The van der Waals surface area contributed by atoms with Gasteiger partial charge in [-0.05, 0) is 48.1 Å². The Balaban J connectivity index is 1.52. The van der Waals surface area contributed by atoms with Crippen LogP contribution in [-0.4, -0.2) is 47.8 Å². The van der Waals surface area contributed by atoms with E-state index in [0.717, 1.165) is 27.3 Å². The topological polar surface area (TPSA) is 52.7 Å². The Hall–Kier alpha value is -2.96. The maximum Gasteiger partial charge on any atom is 0.264 e. The van der Waals surface area contributed by atoms with E-state index in [1.165, 1.54) is 11.3 Å². The third-order valence-electron chi connectivity index (χ3n) is 5.71. The Kier molecular flexibility index (Phi) is 6.49. The molecule has 1 atom stereocenters. The number of rotatable bonds is 5. The van der Waals surface area contributed by atoms with Gasteiger partial charge in [0.2, 0.25) is 5.91 Å². The molecule has 1 saturated heterocycles. The third kappa shape index (κ3) is 4.86. The van der Waals surface area contributed by atoms with Gasteiger partial charge in [-0.3, -0.25) is 14.5 Å². The molecule has 5 nitrogen and oxygen atoms in total. The largest absolute Gasteiger partial charge is 0.335 e. The Morgan fingerprint density at radius 2 is 1.68 bits per heavy atom. The van der Waals surface area contributed by atoms with E-state index in [0.29, 0.717) is 26.2 Å². The number of carbonyl (C=O) groups excluding carboxylic acids is 2. The molecule has 0 bridgehead atoms. The van der Waals surface area contributed by atoms with Crippen molar-refractivity contribution < 1.29 is 9.59 Å². The Labute approximate surface area is 187 Å². The molecule has 1 N–H and O–H groups in total. The lowest BCUT2D eigenvalue weighted by molar-refractivity contribution is -0.122. The van der Waals surface area contributed by atoms with Crippen LogP contribution in [0, 0.1) is 13.8 Å². The van der Waals surface area contributed by atoms with Gasteiger partial charge in [-0.2, -0.15) is 0 Å². The third-order valence-corrected chi connectivity index (χ3v) is 6.57. The van der Waals surface area contributed by atoms with Gasteiger partial charge in [0.05, 0.1) is 4.88 Å². The summed E-state index contributed by atoms with van der Waals surface area (Å²) in [5.74, 6) is 0.0312. The first-order valence-electron chi connectivity index (χ1n) is 10.5. The minimum absolute atomic E-state index is 0.0436. The standard InChI is InChI=1S/C25H27N3O2S/c1-18-10-11-19(2)21(17-18)26-24(29)23(20-7-4-3-5-8-20)27-12-14-28(15-13-27)25(30)22-9-6-16-31-22/h3-11,16-17,23H,12-15H2,1-2H3,(H,26,29)/t23-/m0/s1. The van der Waals surface area contributed by atoms with Gasteiger partial charge in [-0.1, -0.05) is 48.5 Å². The number of thiophene rings is 1. The van der Waals surface area contributed by atoms with Gasteiger partial charge in [-0.15, -0.1) is 11.3 Å². The number of benzene rings is 2. The highest BCUT2D eigenvalue weighted by Gasteiger charge is 2.32. The van der Waals surface area contributed by atoms with Gasteiger partial charge in [0.25, 0.3) is 5.91 Å². The molecule has 1 aromatic heterocycles. The summed E-state index contributed by atoms with van der Waals surface area (Å²) in [6, 6.07) is 19.3. The average molecular weight is 434 g/mol. The summed E-state index contributed by atoms with van der Waals surface area (Å²) in [6.07, 6.45) is 0. The number of piperazine rings is 1. The summed E-state index contributed by atoms with van der Waals surface area (Å²) in [6.45, 7) is 6.54. The van der Waals surface area contributed by atoms with Gasteiger partial charge in [-0.25, -0.2) is 0 Å². The number of carbonyl (C=O) groups is 2. The van der Waals surface area contributed by atoms with E-state index in [4.69, 9.17) is 0 Å². The van der Waals surface area contributed by atoms with Gasteiger partial charge in [0, 0.05) is 31.9 Å². The first-order valence-corrected chi connectivity index (χ1v) is 11.4. The zero-order chi connectivity index (χ0) is 21.8. The van der Waals surface area contributed by atoms with Crippen LogP contribution in [0.3, 0.4) is 0 Å². The summed E-state index contributed by atoms with van der Waals surface area (Å²) in [5.41, 5.74) is 3.95. The number of nitrogens with zero attached hydrogens (tertiary/aromatic N) is 2. The van der Waals surface area contributed by atoms with Crippen LogP contribution in [-0.2, 0) is 4.79 Å². The highest BCUT2D eigenvalue weighted by atomic mass is 32.1. The second kappa shape index (κ2) is 9.45. The van der Waals surface area contributed by atoms with Gasteiger partial charge < -0.3 is 10.2 Å². The lowest BCUT2D eigenvalue weighted by atomic mass is 10.0. The maximum absolute atomic E-state index is 13.4. The number of aryl methyl sites for hydroxylation is 2. The van der Waals surface area contributed by atoms with Crippen molar-refractivity contribution >= 4 is 28.8 Å². The molecule has 3 aromatic rings. The number of hydrogen-bond donors (Lipinski definition) is 1. The molecule has 6 heteroatoms. The Morgan fingerprint density at radius 1 is 0.935 bits per heavy atom. The first kappa shape index (κ1) is 21.3. The average Bonchev–Trinajstić information content (AvgIpc) is 3.32. The number of hydrogen-bond acceptors (Lipinski definition) is 4. The monoisotopic (exact) mass is 433 g/mol. The summed E-state index contributed by atoms with van der Waals surface area (Å²) in [7, 11) is 0. The van der Waals surface area contributed by atoms with Crippen molar-refractivity contribution in [1.29, 1.82) is 0 Å². The van der Waals surface area contributed by atoms with Crippen molar-refractivity contribution in [1.82, 2.24) is 9.80 Å². The SMILES string of the molecule is Cc1ccc(C)c(NC(=O)[C@H](c2ccccc2)N2CCN(C(=O)c3cccs3)CC2)c1. The molecule has 0 spiro atoms. The molecule has 2 amide bonds. The second-order valence-electron chi connectivity index (χ2n) is 7.93. The highest BCUT2D eigenvalue weighted by molar-refractivity contribution is 7.12. The zero-order valence-corrected chi connectivity index (χ0v) is 18.7. The van der Waals surface area contributed by atoms with Crippen molar-refractivity contribution in [3.05, 3.63) is 87.6 Å². The van der Waals surface area contributed by atoms with Gasteiger partial charge in [0.15, 0.2) is 0 Å². The fourth-order valence-corrected chi connectivity index (χ4v) is 4.67. The molecular formula is C25H27N3O2S. The van der Waals surface area contributed by atoms with E-state index in [1.54, 1.807) is 0 Å². The van der Waals surface area contributed by atoms with E-state index in [9.17, 15) is 9.59 Å². The number of nitrogens with one attached hydrogen (secondary N) is 1. The van der Waals surface area contributed by atoms with Gasteiger partial charge >= 0.3 is 0 Å². The Bertz CT molecular complexity index is 1040. The quantitative estimate of drug-likeness (QED) is 0.644. The molecule has 1 fully saturated rings. The van der Waals surface area contributed by atoms with Crippen LogP contribution >= 0.6 is 11.3 Å². The van der Waals surface area contributed by atoms with Gasteiger partial charge in [0.1, 0.15) is 6.04 Å². The number of anilines is 1. The molecule has 1 aliphatic heterocycles. The molecule has 0 saturated carbocycles. The van der Waals surface area contributed by atoms with Crippen LogP contribution in [0.4, 0.5) is 5.69 Å². The molecule has 31 heavy (non-hydrogen) atoms. The fraction of sp³-hybridized carbons (Fsp3) is 0.280. The number of amides is 2. The molecule has 160 valence electrons. The molecule has 1 aliphatic rings. The summed E-state index contributed by atoms with van der Waals surface area (Å²) in [4.78, 5) is 31.0. The summed E-state index contributed by atoms with van der Waals surface area (Å²) >= 11 is 1.47. The Morgan fingerprint density at radius 3 is 2.35 bits per heavy atom. The van der Waals surface area contributed by atoms with E-state index in [1.807, 2.05) is 84.8 Å². The van der Waals surface area contributed by atoms with Crippen molar-refractivity contribution in [2.45, 2.75) is 19.9 Å². The lowest BCUT2D eigenvalue weighted by Crippen LogP contribution is -2.51. The van der Waals surface area contributed by atoms with E-state index >= 15 is 0 Å². The van der Waals surface area contributed by atoms with Crippen molar-refractivity contribution in [3.8, 4) is 0 Å². The smallest absolute Gasteiger partial charge is 0.264 e. The van der Waals surface area contributed by atoms with Crippen LogP contribution in [0.25, 0.3) is 0 Å². The van der Waals surface area contributed by atoms with Crippen LogP contribution in [0.2, 0.25) is 0 Å². The second-order valence-corrected chi connectivity index (χ2v) is 8.87. The first-order chi connectivity index (χ1) is 15.0. The molecule has 0 unspecified atom stereocenters. The van der Waals surface area contributed by atoms with Crippen LogP contribution < -0.4 is 5.32 Å². The zero-order valence-electron chi connectivity index (χ0n) is 17.9. The predicted octanol–water partition coefficient (Wildman–Crippen LogP) is 4.50. The predicted molar refractivity (Wildman–Crippen MR) is 126 cm³/mol. The van der Waals surface area contributed by atoms with Crippen LogP contribution in [0.1, 0.15) is 32.4 Å². The van der Waals surface area contributed by atoms with Crippen molar-refractivity contribution in [3.63, 3.8) is 0 Å². The minimum Gasteiger partial charge on any atom is -0.335 e. The highest BCUT2D eigenvalue weighted by Crippen LogP contribution is 2.26. The van der Waals surface area contributed by atoms with E-state index in [-0.39, 0.29) is 11.8 Å². The van der Waals surface area contributed by atoms with Crippen molar-refractivity contribution in [2.24, 2.45) is 0 Å². The molecule has 0 radical (unpaired) electrons. The van der Waals surface area contributed by atoms with Crippen molar-refractivity contribution in [2.75, 3.05) is 31.5 Å². The molecule has 2 heterocycles. The lowest BCUT2D eigenvalue weighted by Gasteiger charge is -2.38. The molecular weight excluding hydrogens is 406 g/mol.